The van der Waals surface area contributed by atoms with Crippen molar-refractivity contribution in [1.29, 1.82) is 0 Å². The van der Waals surface area contributed by atoms with E-state index in [9.17, 15) is 0 Å². The van der Waals surface area contributed by atoms with Crippen LogP contribution in [-0.2, 0) is 19.5 Å². The third kappa shape index (κ3) is 1.93. The minimum absolute atomic E-state index is 0.535. The van der Waals surface area contributed by atoms with Crippen LogP contribution in [0.15, 0.2) is 0 Å². The van der Waals surface area contributed by atoms with Crippen LogP contribution in [0.25, 0.3) is 0 Å². The molecule has 15 heavy (non-hydrogen) atoms. The molecule has 0 aliphatic carbocycles. The van der Waals surface area contributed by atoms with Gasteiger partial charge in [0.15, 0.2) is 0 Å². The van der Waals surface area contributed by atoms with Crippen molar-refractivity contribution in [2.75, 3.05) is 7.05 Å². The van der Waals surface area contributed by atoms with Crippen molar-refractivity contribution in [2.24, 2.45) is 0 Å². The Morgan fingerprint density at radius 1 is 1.40 bits per heavy atom. The van der Waals surface area contributed by atoms with Crippen molar-refractivity contribution in [1.82, 2.24) is 14.9 Å². The summed E-state index contributed by atoms with van der Waals surface area (Å²) in [5.41, 5.74) is 2.74. The fourth-order valence-electron chi connectivity index (χ4n) is 2.40. The molecule has 0 radical (unpaired) electrons. The maximum atomic E-state index is 4.78. The van der Waals surface area contributed by atoms with Gasteiger partial charge in [0.1, 0.15) is 5.82 Å². The van der Waals surface area contributed by atoms with E-state index in [0.717, 1.165) is 6.54 Å². The molecule has 0 aromatic carbocycles. The number of nitrogens with zero attached hydrogens (tertiary/aromatic N) is 2. The molecule has 0 amide bonds. The molecule has 0 spiro atoms. The highest BCUT2D eigenvalue weighted by atomic mass is 15.1. The van der Waals surface area contributed by atoms with E-state index in [2.05, 4.69) is 23.7 Å². The fourth-order valence-corrected chi connectivity index (χ4v) is 2.40. The molecule has 3 nitrogen and oxygen atoms in total. The van der Waals surface area contributed by atoms with Gasteiger partial charge in [0.2, 0.25) is 0 Å². The lowest BCUT2D eigenvalue weighted by Crippen LogP contribution is -2.15. The summed E-state index contributed by atoms with van der Waals surface area (Å²) >= 11 is 0. The summed E-state index contributed by atoms with van der Waals surface area (Å²) in [5.74, 6) is 1.81. The molecule has 1 aromatic heterocycles. The fraction of sp³-hybridized carbons (Fsp3) is 0.750. The van der Waals surface area contributed by atoms with Gasteiger partial charge in [-0.05, 0) is 26.3 Å². The van der Waals surface area contributed by atoms with Gasteiger partial charge in [-0.25, -0.2) is 4.98 Å². The van der Waals surface area contributed by atoms with Gasteiger partial charge in [0.05, 0.1) is 5.69 Å². The summed E-state index contributed by atoms with van der Waals surface area (Å²) in [7, 11) is 1.99. The average Bonchev–Trinajstić information content (AvgIpc) is 2.59. The molecule has 0 saturated carbocycles. The Kier molecular flexibility index (Phi) is 3.10. The molecule has 0 saturated heterocycles. The Morgan fingerprint density at radius 2 is 2.20 bits per heavy atom. The molecule has 2 heterocycles. The van der Waals surface area contributed by atoms with Crippen LogP contribution in [0.4, 0.5) is 0 Å². The van der Waals surface area contributed by atoms with Crippen molar-refractivity contribution in [3.05, 3.63) is 17.2 Å². The highest BCUT2D eigenvalue weighted by Crippen LogP contribution is 2.24. The van der Waals surface area contributed by atoms with E-state index in [4.69, 9.17) is 4.98 Å². The standard InChI is InChI=1S/C12H21N3/c1-9(2)12-14-10(8-13-3)11-6-4-5-7-15(11)12/h9,13H,4-8H2,1-3H3. The van der Waals surface area contributed by atoms with Gasteiger partial charge < -0.3 is 9.88 Å². The molecule has 1 aliphatic heterocycles. The minimum atomic E-state index is 0.535. The molecule has 2 rings (SSSR count). The number of nitrogens with one attached hydrogen (secondary N) is 1. The van der Waals surface area contributed by atoms with Crippen LogP contribution in [0.5, 0.6) is 0 Å². The Balaban J connectivity index is 2.40. The van der Waals surface area contributed by atoms with Crippen LogP contribution in [0.1, 0.15) is 49.8 Å². The zero-order valence-corrected chi connectivity index (χ0v) is 10.0. The number of aromatic nitrogens is 2. The van der Waals surface area contributed by atoms with Crippen LogP contribution in [-0.4, -0.2) is 16.6 Å². The maximum absolute atomic E-state index is 4.78. The van der Waals surface area contributed by atoms with Crippen molar-refractivity contribution in [2.45, 2.75) is 52.1 Å². The van der Waals surface area contributed by atoms with Crippen molar-refractivity contribution in [3.8, 4) is 0 Å². The monoisotopic (exact) mass is 207 g/mol. The highest BCUT2D eigenvalue weighted by molar-refractivity contribution is 5.20. The van der Waals surface area contributed by atoms with E-state index in [1.54, 1.807) is 0 Å². The molecular weight excluding hydrogens is 186 g/mol. The second-order valence-corrected chi connectivity index (χ2v) is 4.66. The number of hydrogen-bond acceptors (Lipinski definition) is 2. The lowest BCUT2D eigenvalue weighted by molar-refractivity contribution is 0.502. The highest BCUT2D eigenvalue weighted by Gasteiger charge is 2.20. The maximum Gasteiger partial charge on any atom is 0.111 e. The molecule has 0 atom stereocenters. The SMILES string of the molecule is CNCc1nc(C(C)C)n2c1CCCC2. The van der Waals surface area contributed by atoms with E-state index >= 15 is 0 Å². The van der Waals surface area contributed by atoms with Gasteiger partial charge in [-0.1, -0.05) is 13.8 Å². The van der Waals surface area contributed by atoms with Gasteiger partial charge in [0.25, 0.3) is 0 Å². The Morgan fingerprint density at radius 3 is 2.87 bits per heavy atom. The van der Waals surface area contributed by atoms with E-state index in [1.807, 2.05) is 7.05 Å². The van der Waals surface area contributed by atoms with Gasteiger partial charge in [-0.3, -0.25) is 0 Å². The number of imidazole rings is 1. The molecule has 0 unspecified atom stereocenters. The normalized spacial score (nSPS) is 15.7. The largest absolute Gasteiger partial charge is 0.332 e. The van der Waals surface area contributed by atoms with Crippen LogP contribution < -0.4 is 5.32 Å². The summed E-state index contributed by atoms with van der Waals surface area (Å²) in [4.78, 5) is 4.78. The first-order valence-corrected chi connectivity index (χ1v) is 5.96. The first kappa shape index (κ1) is 10.7. The molecule has 0 fully saturated rings. The van der Waals surface area contributed by atoms with Crippen molar-refractivity contribution < 1.29 is 0 Å². The van der Waals surface area contributed by atoms with Gasteiger partial charge in [-0.15, -0.1) is 0 Å². The third-order valence-electron chi connectivity index (χ3n) is 3.09. The average molecular weight is 207 g/mol. The number of hydrogen-bond donors (Lipinski definition) is 1. The third-order valence-corrected chi connectivity index (χ3v) is 3.09. The predicted molar refractivity (Wildman–Crippen MR) is 62.0 cm³/mol. The molecule has 3 heteroatoms. The summed E-state index contributed by atoms with van der Waals surface area (Å²) < 4.78 is 2.45. The van der Waals surface area contributed by atoms with Crippen LogP contribution >= 0.6 is 0 Å². The van der Waals surface area contributed by atoms with Crippen LogP contribution in [0.3, 0.4) is 0 Å². The molecular formula is C12H21N3. The number of rotatable bonds is 3. The zero-order valence-electron chi connectivity index (χ0n) is 10.0. The summed E-state index contributed by atoms with van der Waals surface area (Å²) in [6.45, 7) is 6.53. The van der Waals surface area contributed by atoms with E-state index < -0.39 is 0 Å². The van der Waals surface area contributed by atoms with Crippen molar-refractivity contribution in [3.63, 3.8) is 0 Å². The number of fused-ring (bicyclic) bond motifs is 1. The van der Waals surface area contributed by atoms with E-state index in [1.165, 1.54) is 43.0 Å². The summed E-state index contributed by atoms with van der Waals surface area (Å²) in [6, 6.07) is 0. The lowest BCUT2D eigenvalue weighted by atomic mass is 10.1. The van der Waals surface area contributed by atoms with Gasteiger partial charge in [0, 0.05) is 24.7 Å². The molecule has 84 valence electrons. The molecule has 0 bridgehead atoms. The van der Waals surface area contributed by atoms with Crippen LogP contribution in [0, 0.1) is 0 Å². The zero-order chi connectivity index (χ0) is 10.8. The predicted octanol–water partition coefficient (Wildman–Crippen LogP) is 2.06. The second kappa shape index (κ2) is 4.35. The molecule has 1 N–H and O–H groups in total. The van der Waals surface area contributed by atoms with E-state index in [0.29, 0.717) is 5.92 Å². The first-order chi connectivity index (χ1) is 7.24. The molecule has 1 aliphatic rings. The van der Waals surface area contributed by atoms with Gasteiger partial charge in [-0.2, -0.15) is 0 Å². The topological polar surface area (TPSA) is 29.9 Å². The lowest BCUT2D eigenvalue weighted by Gasteiger charge is -2.18. The Bertz CT molecular complexity index is 339. The summed E-state index contributed by atoms with van der Waals surface area (Å²) in [5, 5.41) is 3.21. The quantitative estimate of drug-likeness (QED) is 0.822. The van der Waals surface area contributed by atoms with Crippen molar-refractivity contribution >= 4 is 0 Å². The second-order valence-electron chi connectivity index (χ2n) is 4.66. The smallest absolute Gasteiger partial charge is 0.111 e. The first-order valence-electron chi connectivity index (χ1n) is 5.96. The van der Waals surface area contributed by atoms with Gasteiger partial charge >= 0.3 is 0 Å². The Hall–Kier alpha value is -0.830. The minimum Gasteiger partial charge on any atom is -0.332 e. The summed E-state index contributed by atoms with van der Waals surface area (Å²) in [6.07, 6.45) is 3.83. The van der Waals surface area contributed by atoms with E-state index in [-0.39, 0.29) is 0 Å². The van der Waals surface area contributed by atoms with Crippen LogP contribution in [0.2, 0.25) is 0 Å². The Labute approximate surface area is 91.9 Å². The molecule has 1 aromatic rings.